The van der Waals surface area contributed by atoms with Crippen LogP contribution >= 0.6 is 22.9 Å². The Morgan fingerprint density at radius 2 is 1.78 bits per heavy atom. The summed E-state index contributed by atoms with van der Waals surface area (Å²) in [6, 6.07) is 13.9. The van der Waals surface area contributed by atoms with E-state index in [-0.39, 0.29) is 5.91 Å². The van der Waals surface area contributed by atoms with Crippen LogP contribution in [0.3, 0.4) is 0 Å². The summed E-state index contributed by atoms with van der Waals surface area (Å²) in [5.41, 5.74) is 2.81. The number of hydrogen-bond acceptors (Lipinski definition) is 4. The molecule has 0 spiro atoms. The molecule has 3 rings (SSSR count). The molecule has 27 heavy (non-hydrogen) atoms. The Morgan fingerprint density at radius 1 is 1.00 bits per heavy atom. The average molecular weight is 401 g/mol. The molecular weight excluding hydrogens is 384 g/mol. The maximum atomic E-state index is 12.5. The van der Waals surface area contributed by atoms with Gasteiger partial charge in [-0.2, -0.15) is 0 Å². The number of aryl methyl sites for hydroxylation is 2. The van der Waals surface area contributed by atoms with Gasteiger partial charge < -0.3 is 10.6 Å². The molecule has 3 N–H and O–H groups in total. The first-order chi connectivity index (χ1) is 12.9. The third kappa shape index (κ3) is 4.84. The summed E-state index contributed by atoms with van der Waals surface area (Å²) in [5, 5.41) is 9.03. The number of halogens is 1. The summed E-state index contributed by atoms with van der Waals surface area (Å²) < 4.78 is 0. The topological polar surface area (TPSA) is 83.1 Å². The molecule has 0 aliphatic rings. The van der Waals surface area contributed by atoms with Crippen molar-refractivity contribution in [3.05, 3.63) is 69.7 Å². The Morgan fingerprint density at radius 3 is 2.52 bits per heavy atom. The fourth-order valence-corrected chi connectivity index (χ4v) is 3.43. The summed E-state index contributed by atoms with van der Waals surface area (Å²) in [4.78, 5) is 29.3. The molecule has 138 valence electrons. The lowest BCUT2D eigenvalue weighted by molar-refractivity contribution is 0.102. The highest BCUT2D eigenvalue weighted by Crippen LogP contribution is 2.25. The number of amides is 3. The third-order valence-electron chi connectivity index (χ3n) is 3.70. The van der Waals surface area contributed by atoms with Crippen LogP contribution in [0.5, 0.6) is 0 Å². The number of anilines is 3. The van der Waals surface area contributed by atoms with Crippen molar-refractivity contribution in [2.24, 2.45) is 0 Å². The zero-order chi connectivity index (χ0) is 19.4. The third-order valence-corrected chi connectivity index (χ3v) is 5.01. The Hall–Kier alpha value is -2.90. The second-order valence-corrected chi connectivity index (χ2v) is 7.23. The molecule has 0 saturated carbocycles. The lowest BCUT2D eigenvalue weighted by atomic mass is 10.2. The van der Waals surface area contributed by atoms with Crippen LogP contribution < -0.4 is 16.0 Å². The minimum Gasteiger partial charge on any atom is -0.321 e. The summed E-state index contributed by atoms with van der Waals surface area (Å²) in [7, 11) is 0. The first-order valence-electron chi connectivity index (χ1n) is 8.10. The maximum absolute atomic E-state index is 12.5. The van der Waals surface area contributed by atoms with E-state index in [0.717, 1.165) is 22.6 Å². The van der Waals surface area contributed by atoms with Gasteiger partial charge in [0.1, 0.15) is 4.88 Å². The number of nitrogens with one attached hydrogen (secondary N) is 3. The normalized spacial score (nSPS) is 10.3. The second kappa shape index (κ2) is 8.20. The largest absolute Gasteiger partial charge is 0.325 e. The fraction of sp³-hybridized carbons (Fsp3) is 0.105. The first-order valence-corrected chi connectivity index (χ1v) is 9.30. The molecule has 1 heterocycles. The maximum Gasteiger partial charge on any atom is 0.325 e. The molecule has 0 bridgehead atoms. The Balaban J connectivity index is 1.67. The number of carbonyl (C=O) groups is 2. The van der Waals surface area contributed by atoms with Crippen LogP contribution in [0, 0.1) is 13.8 Å². The van der Waals surface area contributed by atoms with E-state index in [9.17, 15) is 9.59 Å². The van der Waals surface area contributed by atoms with Gasteiger partial charge in [0.05, 0.1) is 5.69 Å². The van der Waals surface area contributed by atoms with Gasteiger partial charge in [0, 0.05) is 16.4 Å². The number of carbonyl (C=O) groups excluding carboxylic acids is 2. The van der Waals surface area contributed by atoms with E-state index in [1.54, 1.807) is 31.2 Å². The predicted octanol–water partition coefficient (Wildman–Crippen LogP) is 5.31. The van der Waals surface area contributed by atoms with Crippen molar-refractivity contribution in [2.75, 3.05) is 16.0 Å². The molecule has 0 aliphatic heterocycles. The molecule has 2 aromatic carbocycles. The van der Waals surface area contributed by atoms with Gasteiger partial charge in [-0.05, 0) is 43.7 Å². The number of aromatic nitrogens is 1. The van der Waals surface area contributed by atoms with Gasteiger partial charge in [-0.15, -0.1) is 0 Å². The highest BCUT2D eigenvalue weighted by atomic mass is 35.5. The number of nitrogens with zero attached hydrogens (tertiary/aromatic N) is 1. The van der Waals surface area contributed by atoms with Crippen molar-refractivity contribution >= 4 is 51.4 Å². The van der Waals surface area contributed by atoms with E-state index in [0.29, 0.717) is 26.4 Å². The summed E-state index contributed by atoms with van der Waals surface area (Å²) in [6.45, 7) is 3.64. The van der Waals surface area contributed by atoms with Gasteiger partial charge in [0.2, 0.25) is 0 Å². The smallest absolute Gasteiger partial charge is 0.321 e. The lowest BCUT2D eigenvalue weighted by Crippen LogP contribution is -2.19. The number of thiazole rings is 1. The molecule has 0 atom stereocenters. The van der Waals surface area contributed by atoms with Gasteiger partial charge in [0.15, 0.2) is 5.13 Å². The highest BCUT2D eigenvalue weighted by Gasteiger charge is 2.17. The standard InChI is InChI=1S/C19H17ClN4O2S/c1-11-6-3-4-9-15(11)23-17(25)16-12(2)21-19(27-16)24-18(26)22-14-8-5-7-13(20)10-14/h3-10H,1-2H3,(H,23,25)(H2,21,22,24,26). The number of urea groups is 1. The Bertz CT molecular complexity index is 1000. The molecule has 0 saturated heterocycles. The van der Waals surface area contributed by atoms with Crippen molar-refractivity contribution in [3.63, 3.8) is 0 Å². The fourth-order valence-electron chi connectivity index (χ4n) is 2.38. The molecule has 0 radical (unpaired) electrons. The number of rotatable bonds is 4. The summed E-state index contributed by atoms with van der Waals surface area (Å²) >= 11 is 7.01. The highest BCUT2D eigenvalue weighted by molar-refractivity contribution is 7.17. The minimum atomic E-state index is -0.461. The van der Waals surface area contributed by atoms with Crippen LogP contribution in [0.1, 0.15) is 20.9 Å². The minimum absolute atomic E-state index is 0.261. The molecule has 6 nitrogen and oxygen atoms in total. The van der Waals surface area contributed by atoms with Crippen LogP contribution in [0.2, 0.25) is 5.02 Å². The Labute approximate surface area is 165 Å². The molecule has 0 fully saturated rings. The van der Waals surface area contributed by atoms with Crippen molar-refractivity contribution in [1.29, 1.82) is 0 Å². The van der Waals surface area contributed by atoms with Crippen molar-refractivity contribution < 1.29 is 9.59 Å². The number of benzene rings is 2. The van der Waals surface area contributed by atoms with Crippen LogP contribution in [-0.2, 0) is 0 Å². The molecule has 1 aromatic heterocycles. The summed E-state index contributed by atoms with van der Waals surface area (Å²) in [5.74, 6) is -0.261. The predicted molar refractivity (Wildman–Crippen MR) is 110 cm³/mol. The monoisotopic (exact) mass is 400 g/mol. The van der Waals surface area contributed by atoms with Gasteiger partial charge in [0.25, 0.3) is 5.91 Å². The van der Waals surface area contributed by atoms with Gasteiger partial charge in [-0.25, -0.2) is 9.78 Å². The quantitative estimate of drug-likeness (QED) is 0.555. The molecule has 0 aliphatic carbocycles. The van der Waals surface area contributed by atoms with Crippen LogP contribution in [0.25, 0.3) is 0 Å². The second-order valence-electron chi connectivity index (χ2n) is 5.79. The van der Waals surface area contributed by atoms with E-state index in [2.05, 4.69) is 20.9 Å². The molecule has 8 heteroatoms. The van der Waals surface area contributed by atoms with Crippen molar-refractivity contribution in [3.8, 4) is 0 Å². The Kier molecular flexibility index (Phi) is 5.73. The SMILES string of the molecule is Cc1ccccc1NC(=O)c1sc(NC(=O)Nc2cccc(Cl)c2)nc1C. The van der Waals surface area contributed by atoms with Crippen molar-refractivity contribution in [1.82, 2.24) is 4.98 Å². The van der Waals surface area contributed by atoms with E-state index in [1.807, 2.05) is 31.2 Å². The molecule has 3 amide bonds. The van der Waals surface area contributed by atoms with Gasteiger partial charge in [-0.1, -0.05) is 47.2 Å². The van der Waals surface area contributed by atoms with Gasteiger partial charge in [-0.3, -0.25) is 10.1 Å². The van der Waals surface area contributed by atoms with Crippen LogP contribution in [-0.4, -0.2) is 16.9 Å². The van der Waals surface area contributed by atoms with Crippen molar-refractivity contribution in [2.45, 2.75) is 13.8 Å². The van der Waals surface area contributed by atoms with Gasteiger partial charge >= 0.3 is 6.03 Å². The first kappa shape index (κ1) is 18.9. The number of para-hydroxylation sites is 1. The number of hydrogen-bond donors (Lipinski definition) is 3. The summed E-state index contributed by atoms with van der Waals surface area (Å²) in [6.07, 6.45) is 0. The van der Waals surface area contributed by atoms with E-state index in [1.165, 1.54) is 0 Å². The molecule has 0 unspecified atom stereocenters. The molecular formula is C19H17ClN4O2S. The van der Waals surface area contributed by atoms with Crippen LogP contribution in [0.4, 0.5) is 21.3 Å². The zero-order valence-corrected chi connectivity index (χ0v) is 16.2. The van der Waals surface area contributed by atoms with Crippen LogP contribution in [0.15, 0.2) is 48.5 Å². The van der Waals surface area contributed by atoms with E-state index in [4.69, 9.17) is 11.6 Å². The zero-order valence-electron chi connectivity index (χ0n) is 14.7. The van der Waals surface area contributed by atoms with E-state index < -0.39 is 6.03 Å². The lowest BCUT2D eigenvalue weighted by Gasteiger charge is -2.07. The van der Waals surface area contributed by atoms with E-state index >= 15 is 0 Å². The average Bonchev–Trinajstić information content (AvgIpc) is 2.97. The molecule has 3 aromatic rings.